The molecule has 0 bridgehead atoms. The fraction of sp³-hybridized carbons (Fsp3) is 0.182. The van der Waals surface area contributed by atoms with Gasteiger partial charge >= 0.3 is 0 Å². The van der Waals surface area contributed by atoms with E-state index in [0.717, 1.165) is 22.7 Å². The third-order valence-electron chi connectivity index (χ3n) is 2.46. The standard InChI is InChI=1S/C11H11N3O2/c1-2-8(4-12-9-5-13-14-6-9)11-10(3-1)15-7-16-11/h1-3,5-6,12H,4,7H2,(H,13,14). The lowest BCUT2D eigenvalue weighted by molar-refractivity contribution is 0.173. The zero-order valence-corrected chi connectivity index (χ0v) is 8.56. The number of hydrogen-bond acceptors (Lipinski definition) is 4. The molecule has 0 saturated carbocycles. The van der Waals surface area contributed by atoms with Crippen LogP contribution in [0.5, 0.6) is 11.5 Å². The molecule has 0 radical (unpaired) electrons. The van der Waals surface area contributed by atoms with E-state index in [-0.39, 0.29) is 0 Å². The van der Waals surface area contributed by atoms with Gasteiger partial charge in [-0.25, -0.2) is 0 Å². The molecular weight excluding hydrogens is 206 g/mol. The van der Waals surface area contributed by atoms with Crippen LogP contribution < -0.4 is 14.8 Å². The maximum absolute atomic E-state index is 5.41. The SMILES string of the molecule is c1cc(CNc2cn[nH]c2)c2c(c1)OCO2. The lowest BCUT2D eigenvalue weighted by Gasteiger charge is -2.06. The molecule has 1 aliphatic rings. The van der Waals surface area contributed by atoms with Gasteiger partial charge in [0.1, 0.15) is 0 Å². The number of nitrogens with zero attached hydrogens (tertiary/aromatic N) is 1. The van der Waals surface area contributed by atoms with Gasteiger partial charge in [-0.2, -0.15) is 5.10 Å². The second-order valence-electron chi connectivity index (χ2n) is 3.49. The first-order chi connectivity index (χ1) is 7.93. The minimum absolute atomic E-state index is 0.304. The van der Waals surface area contributed by atoms with E-state index < -0.39 is 0 Å². The van der Waals surface area contributed by atoms with Crippen LogP contribution in [0, 0.1) is 0 Å². The van der Waals surface area contributed by atoms with Gasteiger partial charge in [-0.05, 0) is 6.07 Å². The zero-order chi connectivity index (χ0) is 10.8. The molecule has 0 atom stereocenters. The molecule has 2 N–H and O–H groups in total. The van der Waals surface area contributed by atoms with Gasteiger partial charge < -0.3 is 14.8 Å². The predicted octanol–water partition coefficient (Wildman–Crippen LogP) is 1.75. The van der Waals surface area contributed by atoms with Crippen LogP contribution in [0.2, 0.25) is 0 Å². The Bertz CT molecular complexity index is 482. The Hall–Kier alpha value is -2.17. The maximum atomic E-state index is 5.41. The van der Waals surface area contributed by atoms with Crippen LogP contribution in [0.4, 0.5) is 5.69 Å². The molecule has 16 heavy (non-hydrogen) atoms. The van der Waals surface area contributed by atoms with E-state index in [1.807, 2.05) is 18.2 Å². The number of para-hydroxylation sites is 1. The Labute approximate surface area is 92.4 Å². The van der Waals surface area contributed by atoms with Crippen molar-refractivity contribution in [2.45, 2.75) is 6.54 Å². The fourth-order valence-electron chi connectivity index (χ4n) is 1.67. The number of rotatable bonds is 3. The summed E-state index contributed by atoms with van der Waals surface area (Å²) < 4.78 is 10.7. The topological polar surface area (TPSA) is 59.2 Å². The van der Waals surface area contributed by atoms with Gasteiger partial charge in [-0.15, -0.1) is 0 Å². The number of aromatic nitrogens is 2. The first-order valence-electron chi connectivity index (χ1n) is 5.03. The van der Waals surface area contributed by atoms with Crippen LogP contribution in [-0.4, -0.2) is 17.0 Å². The van der Waals surface area contributed by atoms with Crippen LogP contribution >= 0.6 is 0 Å². The lowest BCUT2D eigenvalue weighted by Crippen LogP contribution is -2.00. The zero-order valence-electron chi connectivity index (χ0n) is 8.56. The molecule has 3 rings (SSSR count). The van der Waals surface area contributed by atoms with Gasteiger partial charge in [0.25, 0.3) is 0 Å². The molecule has 0 unspecified atom stereocenters. The van der Waals surface area contributed by atoms with Gasteiger partial charge in [0.15, 0.2) is 11.5 Å². The minimum atomic E-state index is 0.304. The number of ether oxygens (including phenoxy) is 2. The van der Waals surface area contributed by atoms with Gasteiger partial charge in [0, 0.05) is 18.3 Å². The first kappa shape index (κ1) is 9.08. The summed E-state index contributed by atoms with van der Waals surface area (Å²) in [5.74, 6) is 1.64. The number of H-pyrrole nitrogens is 1. The highest BCUT2D eigenvalue weighted by atomic mass is 16.7. The van der Waals surface area contributed by atoms with Crippen LogP contribution in [0.3, 0.4) is 0 Å². The smallest absolute Gasteiger partial charge is 0.231 e. The summed E-state index contributed by atoms with van der Waals surface area (Å²) in [5.41, 5.74) is 2.03. The summed E-state index contributed by atoms with van der Waals surface area (Å²) in [7, 11) is 0. The van der Waals surface area contributed by atoms with Crippen molar-refractivity contribution in [3.8, 4) is 11.5 Å². The number of fused-ring (bicyclic) bond motifs is 1. The second-order valence-corrected chi connectivity index (χ2v) is 3.49. The Kier molecular flexibility index (Phi) is 2.14. The highest BCUT2D eigenvalue weighted by Gasteiger charge is 2.16. The van der Waals surface area contributed by atoms with Crippen LogP contribution in [0.1, 0.15) is 5.56 Å². The normalized spacial score (nSPS) is 12.8. The van der Waals surface area contributed by atoms with Crippen LogP contribution in [-0.2, 0) is 6.54 Å². The third-order valence-corrected chi connectivity index (χ3v) is 2.46. The number of nitrogens with one attached hydrogen (secondary N) is 2. The van der Waals surface area contributed by atoms with Crippen molar-refractivity contribution >= 4 is 5.69 Å². The Balaban J connectivity index is 1.78. The summed E-state index contributed by atoms with van der Waals surface area (Å²) in [4.78, 5) is 0. The molecule has 2 heterocycles. The summed E-state index contributed by atoms with van der Waals surface area (Å²) >= 11 is 0. The molecule has 0 amide bonds. The summed E-state index contributed by atoms with van der Waals surface area (Å²) in [6.07, 6.45) is 3.54. The van der Waals surface area contributed by atoms with Gasteiger partial charge in [0.05, 0.1) is 11.9 Å². The van der Waals surface area contributed by atoms with E-state index in [1.165, 1.54) is 0 Å². The summed E-state index contributed by atoms with van der Waals surface area (Å²) in [5, 5.41) is 9.85. The highest BCUT2D eigenvalue weighted by Crippen LogP contribution is 2.35. The Morgan fingerprint density at radius 1 is 1.38 bits per heavy atom. The molecule has 2 aromatic rings. The van der Waals surface area contributed by atoms with Crippen molar-refractivity contribution in [3.63, 3.8) is 0 Å². The van der Waals surface area contributed by atoms with Crippen molar-refractivity contribution in [3.05, 3.63) is 36.2 Å². The van der Waals surface area contributed by atoms with E-state index in [2.05, 4.69) is 15.5 Å². The van der Waals surface area contributed by atoms with E-state index in [4.69, 9.17) is 9.47 Å². The predicted molar refractivity (Wildman–Crippen MR) is 58.5 cm³/mol. The molecule has 0 fully saturated rings. The largest absolute Gasteiger partial charge is 0.454 e. The maximum Gasteiger partial charge on any atom is 0.231 e. The molecule has 1 aromatic heterocycles. The van der Waals surface area contributed by atoms with Crippen molar-refractivity contribution in [1.82, 2.24) is 10.2 Å². The molecule has 0 saturated heterocycles. The fourth-order valence-corrected chi connectivity index (χ4v) is 1.67. The number of benzene rings is 1. The van der Waals surface area contributed by atoms with Crippen molar-refractivity contribution < 1.29 is 9.47 Å². The van der Waals surface area contributed by atoms with Crippen LogP contribution in [0.15, 0.2) is 30.6 Å². The second kappa shape index (κ2) is 3.77. The molecular formula is C11H11N3O2. The average molecular weight is 217 g/mol. The molecule has 0 aliphatic carbocycles. The van der Waals surface area contributed by atoms with E-state index in [9.17, 15) is 0 Å². The van der Waals surface area contributed by atoms with E-state index in [1.54, 1.807) is 12.4 Å². The quantitative estimate of drug-likeness (QED) is 0.822. The van der Waals surface area contributed by atoms with E-state index >= 15 is 0 Å². The molecule has 0 spiro atoms. The van der Waals surface area contributed by atoms with Crippen molar-refractivity contribution in [1.29, 1.82) is 0 Å². The molecule has 5 heteroatoms. The van der Waals surface area contributed by atoms with Crippen molar-refractivity contribution in [2.24, 2.45) is 0 Å². The third kappa shape index (κ3) is 1.56. The highest BCUT2D eigenvalue weighted by molar-refractivity contribution is 5.50. The van der Waals surface area contributed by atoms with E-state index in [0.29, 0.717) is 13.3 Å². The number of anilines is 1. The lowest BCUT2D eigenvalue weighted by atomic mass is 10.2. The molecule has 1 aromatic carbocycles. The Morgan fingerprint density at radius 3 is 3.25 bits per heavy atom. The minimum Gasteiger partial charge on any atom is -0.454 e. The van der Waals surface area contributed by atoms with Crippen molar-refractivity contribution in [2.75, 3.05) is 12.1 Å². The number of aromatic amines is 1. The molecule has 1 aliphatic heterocycles. The van der Waals surface area contributed by atoms with Gasteiger partial charge in [0.2, 0.25) is 6.79 Å². The van der Waals surface area contributed by atoms with Gasteiger partial charge in [-0.1, -0.05) is 12.1 Å². The summed E-state index contributed by atoms with van der Waals surface area (Å²) in [6.45, 7) is 0.990. The molecule has 5 nitrogen and oxygen atoms in total. The first-order valence-corrected chi connectivity index (χ1v) is 5.03. The number of hydrogen-bond donors (Lipinski definition) is 2. The average Bonchev–Trinajstić information content (AvgIpc) is 2.97. The van der Waals surface area contributed by atoms with Gasteiger partial charge in [-0.3, -0.25) is 5.10 Å². The summed E-state index contributed by atoms with van der Waals surface area (Å²) in [6, 6.07) is 5.88. The Morgan fingerprint density at radius 2 is 2.38 bits per heavy atom. The van der Waals surface area contributed by atoms with Crippen LogP contribution in [0.25, 0.3) is 0 Å². The monoisotopic (exact) mass is 217 g/mol. The molecule has 82 valence electrons.